The minimum Gasteiger partial charge on any atom is -0.335 e. The monoisotopic (exact) mass is 520 g/mol. The van der Waals surface area contributed by atoms with Crippen LogP contribution in [0, 0.1) is 0 Å². The highest BCUT2D eigenvalue weighted by Crippen LogP contribution is 2.27. The summed E-state index contributed by atoms with van der Waals surface area (Å²) in [5.41, 5.74) is 6.37. The molecule has 0 bridgehead atoms. The van der Waals surface area contributed by atoms with E-state index >= 15 is 0 Å². The second-order valence-corrected chi connectivity index (χ2v) is 10.6. The van der Waals surface area contributed by atoms with Crippen LogP contribution in [0.4, 0.5) is 10.5 Å². The number of urea groups is 1. The summed E-state index contributed by atoms with van der Waals surface area (Å²) in [5, 5.41) is 7.41. The van der Waals surface area contributed by atoms with Gasteiger partial charge in [-0.3, -0.25) is 4.90 Å². The van der Waals surface area contributed by atoms with Gasteiger partial charge in [-0.1, -0.05) is 48.5 Å². The van der Waals surface area contributed by atoms with Crippen molar-refractivity contribution in [3.8, 4) is 11.1 Å². The van der Waals surface area contributed by atoms with Gasteiger partial charge in [0.25, 0.3) is 0 Å². The Morgan fingerprint density at radius 1 is 0.897 bits per heavy atom. The first-order valence-corrected chi connectivity index (χ1v) is 14.1. The predicted molar refractivity (Wildman–Crippen MR) is 157 cm³/mol. The quantitative estimate of drug-likeness (QED) is 0.345. The largest absolute Gasteiger partial charge is 0.335 e. The van der Waals surface area contributed by atoms with Crippen LogP contribution < -0.4 is 10.6 Å². The molecule has 2 aliphatic rings. The fraction of sp³-hybridized carbons (Fsp3) is 0.344. The molecule has 1 saturated heterocycles. The Hall–Kier alpha value is -3.81. The molecule has 0 aliphatic carbocycles. The number of carbonyl (C=O) groups excluding carboxylic acids is 1. The summed E-state index contributed by atoms with van der Waals surface area (Å²) in [5.74, 6) is 0. The topological polar surface area (TPSA) is 73.4 Å². The average Bonchev–Trinajstić information content (AvgIpc) is 2.97. The minimum absolute atomic E-state index is 0.125. The second kappa shape index (κ2) is 11.9. The number of para-hydroxylation sites is 1. The van der Waals surface area contributed by atoms with Crippen LogP contribution in [0.2, 0.25) is 0 Å². The van der Waals surface area contributed by atoms with Gasteiger partial charge >= 0.3 is 6.03 Å². The van der Waals surface area contributed by atoms with Crippen molar-refractivity contribution >= 4 is 22.8 Å². The smallest absolute Gasteiger partial charge is 0.319 e. The molecule has 2 aromatic heterocycles. The summed E-state index contributed by atoms with van der Waals surface area (Å²) in [6.07, 6.45) is 5.94. The lowest BCUT2D eigenvalue weighted by atomic mass is 10.0. The lowest BCUT2D eigenvalue weighted by molar-refractivity contribution is 0.178. The van der Waals surface area contributed by atoms with E-state index in [1.165, 1.54) is 11.3 Å². The molecule has 7 heteroatoms. The highest BCUT2D eigenvalue weighted by atomic mass is 16.2. The molecule has 7 nitrogen and oxygen atoms in total. The highest BCUT2D eigenvalue weighted by Gasteiger charge is 2.22. The molecule has 1 fully saturated rings. The van der Waals surface area contributed by atoms with Crippen LogP contribution in [0.5, 0.6) is 0 Å². The maximum Gasteiger partial charge on any atom is 0.319 e. The van der Waals surface area contributed by atoms with Crippen LogP contribution >= 0.6 is 0 Å². The Labute approximate surface area is 230 Å². The first-order chi connectivity index (χ1) is 19.2. The van der Waals surface area contributed by atoms with Crippen molar-refractivity contribution in [1.82, 2.24) is 25.1 Å². The van der Waals surface area contributed by atoms with Gasteiger partial charge in [0, 0.05) is 61.5 Å². The maximum absolute atomic E-state index is 12.8. The zero-order valence-electron chi connectivity index (χ0n) is 22.4. The fourth-order valence-electron chi connectivity index (χ4n) is 5.84. The summed E-state index contributed by atoms with van der Waals surface area (Å²) < 4.78 is 0. The van der Waals surface area contributed by atoms with Gasteiger partial charge in [-0.2, -0.15) is 0 Å². The van der Waals surface area contributed by atoms with E-state index in [-0.39, 0.29) is 12.1 Å². The van der Waals surface area contributed by atoms with Crippen LogP contribution in [-0.2, 0) is 13.0 Å². The normalized spacial score (nSPS) is 16.6. The van der Waals surface area contributed by atoms with E-state index < -0.39 is 0 Å². The molecular weight excluding hydrogens is 484 g/mol. The van der Waals surface area contributed by atoms with Crippen molar-refractivity contribution in [1.29, 1.82) is 0 Å². The Kier molecular flexibility index (Phi) is 7.79. The number of rotatable bonds is 7. The minimum atomic E-state index is -0.125. The second-order valence-electron chi connectivity index (χ2n) is 10.6. The number of nitrogens with zero attached hydrogens (tertiary/aromatic N) is 4. The number of amides is 2. The maximum atomic E-state index is 12.8. The van der Waals surface area contributed by atoms with E-state index in [1.54, 1.807) is 0 Å². The van der Waals surface area contributed by atoms with E-state index in [0.717, 1.165) is 92.8 Å². The SMILES string of the molecule is O=C(Nc1ccccc1-c1ccccc1)NC1CCN(CCCN2CCc3nc4ncccc4cc3C2)CC1. The molecule has 200 valence electrons. The molecule has 39 heavy (non-hydrogen) atoms. The number of pyridine rings is 2. The number of hydrogen-bond acceptors (Lipinski definition) is 5. The number of hydrogen-bond donors (Lipinski definition) is 2. The van der Waals surface area contributed by atoms with E-state index in [4.69, 9.17) is 4.98 Å². The highest BCUT2D eigenvalue weighted by molar-refractivity contribution is 5.94. The van der Waals surface area contributed by atoms with E-state index in [9.17, 15) is 4.79 Å². The zero-order valence-corrected chi connectivity index (χ0v) is 22.4. The van der Waals surface area contributed by atoms with Gasteiger partial charge in [-0.25, -0.2) is 14.8 Å². The van der Waals surface area contributed by atoms with Crippen molar-refractivity contribution in [2.24, 2.45) is 0 Å². The summed E-state index contributed by atoms with van der Waals surface area (Å²) in [6.45, 7) is 6.29. The zero-order chi connectivity index (χ0) is 26.4. The van der Waals surface area contributed by atoms with Gasteiger partial charge in [0.2, 0.25) is 0 Å². The van der Waals surface area contributed by atoms with Crippen LogP contribution in [0.25, 0.3) is 22.2 Å². The Morgan fingerprint density at radius 2 is 1.69 bits per heavy atom. The third-order valence-corrected chi connectivity index (χ3v) is 7.95. The van der Waals surface area contributed by atoms with Gasteiger partial charge in [-0.15, -0.1) is 0 Å². The summed E-state index contributed by atoms with van der Waals surface area (Å²) in [6, 6.07) is 24.6. The van der Waals surface area contributed by atoms with Crippen LogP contribution in [0.3, 0.4) is 0 Å². The molecule has 4 heterocycles. The lowest BCUT2D eigenvalue weighted by Gasteiger charge is -2.33. The van der Waals surface area contributed by atoms with Crippen molar-refractivity contribution in [2.45, 2.75) is 38.3 Å². The van der Waals surface area contributed by atoms with Gasteiger partial charge in [-0.05, 0) is 67.7 Å². The number of carbonyl (C=O) groups is 1. The lowest BCUT2D eigenvalue weighted by Crippen LogP contribution is -2.46. The molecule has 0 radical (unpaired) electrons. The molecule has 2 N–H and O–H groups in total. The molecule has 0 unspecified atom stereocenters. The molecule has 0 atom stereocenters. The predicted octanol–water partition coefficient (Wildman–Crippen LogP) is 5.33. The molecule has 6 rings (SSSR count). The summed E-state index contributed by atoms with van der Waals surface area (Å²) >= 11 is 0. The standard InChI is InChI=1S/C32H36N6O/c39-32(36-30-12-5-4-11-28(30)24-8-2-1-3-9-24)34-27-13-19-37(20-14-27)17-7-18-38-21-15-29-26(23-38)22-25-10-6-16-33-31(25)35-29/h1-6,8-12,16,22,27H,7,13-15,17-21,23H2,(H2,34,36,39). The first-order valence-electron chi connectivity index (χ1n) is 14.1. The number of piperidine rings is 1. The van der Waals surface area contributed by atoms with E-state index in [2.05, 4.69) is 49.7 Å². The molecule has 2 aliphatic heterocycles. The van der Waals surface area contributed by atoms with Crippen LogP contribution in [0.1, 0.15) is 30.5 Å². The van der Waals surface area contributed by atoms with Crippen molar-refractivity contribution in [3.05, 3.63) is 90.3 Å². The number of nitrogens with one attached hydrogen (secondary N) is 2. The average molecular weight is 521 g/mol. The van der Waals surface area contributed by atoms with Crippen molar-refractivity contribution < 1.29 is 4.79 Å². The molecule has 0 spiro atoms. The van der Waals surface area contributed by atoms with E-state index in [1.807, 2.05) is 54.7 Å². The van der Waals surface area contributed by atoms with Crippen LogP contribution in [0.15, 0.2) is 79.0 Å². The first kappa shape index (κ1) is 25.5. The third-order valence-electron chi connectivity index (χ3n) is 7.95. The van der Waals surface area contributed by atoms with Gasteiger partial charge in [0.05, 0.1) is 5.69 Å². The number of aromatic nitrogens is 2. The number of fused-ring (bicyclic) bond motifs is 2. The molecule has 0 saturated carbocycles. The number of likely N-dealkylation sites (tertiary alicyclic amines) is 1. The molecule has 2 amide bonds. The number of anilines is 1. The van der Waals surface area contributed by atoms with Gasteiger partial charge < -0.3 is 15.5 Å². The fourth-order valence-corrected chi connectivity index (χ4v) is 5.84. The van der Waals surface area contributed by atoms with Crippen molar-refractivity contribution in [3.63, 3.8) is 0 Å². The third kappa shape index (κ3) is 6.27. The Morgan fingerprint density at radius 3 is 2.56 bits per heavy atom. The van der Waals surface area contributed by atoms with E-state index in [0.29, 0.717) is 0 Å². The molecular formula is C32H36N6O. The Balaban J connectivity index is 0.931. The number of benzene rings is 2. The summed E-state index contributed by atoms with van der Waals surface area (Å²) in [7, 11) is 0. The van der Waals surface area contributed by atoms with Gasteiger partial charge in [0.15, 0.2) is 5.65 Å². The van der Waals surface area contributed by atoms with Crippen molar-refractivity contribution in [2.75, 3.05) is 38.0 Å². The van der Waals surface area contributed by atoms with Gasteiger partial charge in [0.1, 0.15) is 0 Å². The summed E-state index contributed by atoms with van der Waals surface area (Å²) in [4.78, 5) is 27.1. The van der Waals surface area contributed by atoms with Crippen LogP contribution in [-0.4, -0.2) is 64.6 Å². The molecule has 4 aromatic rings. The molecule has 2 aromatic carbocycles. The Bertz CT molecular complexity index is 1420.